The minimum atomic E-state index is -0.499. The van der Waals surface area contributed by atoms with Crippen molar-refractivity contribution in [1.82, 2.24) is 10.6 Å². The van der Waals surface area contributed by atoms with E-state index in [1.54, 1.807) is 18.2 Å². The van der Waals surface area contributed by atoms with Gasteiger partial charge in [0.2, 0.25) is 0 Å². The Bertz CT molecular complexity index is 639. The zero-order valence-corrected chi connectivity index (χ0v) is 12.0. The third kappa shape index (κ3) is 3.32. The molecule has 1 heterocycles. The number of carbonyl (C=O) groups is 1. The second kappa shape index (κ2) is 6.27. The van der Waals surface area contributed by atoms with Crippen LogP contribution in [0.1, 0.15) is 28.7 Å². The van der Waals surface area contributed by atoms with Crippen LogP contribution in [0.5, 0.6) is 5.75 Å². The van der Waals surface area contributed by atoms with Crippen molar-refractivity contribution >= 4 is 11.6 Å². The fourth-order valence-corrected chi connectivity index (χ4v) is 2.06. The topological polar surface area (TPSA) is 105 Å². The first-order valence-corrected chi connectivity index (χ1v) is 6.56. The maximum atomic E-state index is 11.3. The van der Waals surface area contributed by atoms with Crippen molar-refractivity contribution in [2.24, 2.45) is 5.84 Å². The lowest BCUT2D eigenvalue weighted by Gasteiger charge is -2.23. The van der Waals surface area contributed by atoms with Gasteiger partial charge in [0, 0.05) is 24.4 Å². The number of hydrogen-bond donors (Lipinski definition) is 3. The van der Waals surface area contributed by atoms with Crippen LogP contribution in [-0.2, 0) is 6.54 Å². The first-order chi connectivity index (χ1) is 10.0. The van der Waals surface area contributed by atoms with Crippen LogP contribution in [-0.4, -0.2) is 22.7 Å². The molecule has 2 rings (SSSR count). The molecule has 0 saturated carbocycles. The van der Waals surface area contributed by atoms with E-state index < -0.39 is 5.91 Å². The number of phenols is 1. The number of hydrazine groups is 1. The Hall–Kier alpha value is -2.54. The molecule has 0 aliphatic rings. The van der Waals surface area contributed by atoms with Crippen molar-refractivity contribution in [1.29, 1.82) is 0 Å². The number of nitrogens with two attached hydrogens (primary N) is 1. The number of nitrogens with zero attached hydrogens (tertiary/aromatic N) is 2. The molecular weight excluding hydrogens is 272 g/mol. The summed E-state index contributed by atoms with van der Waals surface area (Å²) in [5.74, 6) is 5.29. The Morgan fingerprint density at radius 1 is 1.48 bits per heavy atom. The number of aromatic nitrogens is 1. The molecule has 0 bridgehead atoms. The minimum absolute atomic E-state index is 0.135. The molecule has 112 valence electrons. The molecule has 0 fully saturated rings. The predicted molar refractivity (Wildman–Crippen MR) is 77.7 cm³/mol. The predicted octanol–water partition coefficient (Wildman–Crippen LogP) is 1.32. The summed E-state index contributed by atoms with van der Waals surface area (Å²) in [6.45, 7) is 5.10. The van der Waals surface area contributed by atoms with Gasteiger partial charge in [-0.25, -0.2) is 5.84 Å². The first kappa shape index (κ1) is 14.9. The summed E-state index contributed by atoms with van der Waals surface area (Å²) < 4.78 is 5.14. The van der Waals surface area contributed by atoms with Gasteiger partial charge in [-0.3, -0.25) is 10.2 Å². The molecule has 7 heteroatoms. The van der Waals surface area contributed by atoms with Crippen molar-refractivity contribution in [2.45, 2.75) is 20.4 Å². The van der Waals surface area contributed by atoms with Gasteiger partial charge < -0.3 is 14.5 Å². The first-order valence-electron chi connectivity index (χ1n) is 6.56. The second-order valence-corrected chi connectivity index (χ2v) is 4.64. The SMILES string of the molecule is CCN(Cc1cc(C(=O)NN)no1)c1cc(O)ccc1C. The van der Waals surface area contributed by atoms with Crippen molar-refractivity contribution in [3.63, 3.8) is 0 Å². The van der Waals surface area contributed by atoms with Gasteiger partial charge >= 0.3 is 0 Å². The number of phenolic OH excluding ortho intramolecular Hbond substituents is 1. The highest BCUT2D eigenvalue weighted by molar-refractivity contribution is 5.91. The molecule has 4 N–H and O–H groups in total. The number of amides is 1. The molecule has 0 radical (unpaired) electrons. The molecule has 0 atom stereocenters. The fourth-order valence-electron chi connectivity index (χ4n) is 2.06. The van der Waals surface area contributed by atoms with Gasteiger partial charge in [-0.1, -0.05) is 11.2 Å². The van der Waals surface area contributed by atoms with E-state index >= 15 is 0 Å². The minimum Gasteiger partial charge on any atom is -0.508 e. The third-order valence-electron chi connectivity index (χ3n) is 3.18. The van der Waals surface area contributed by atoms with Crippen LogP contribution in [0.3, 0.4) is 0 Å². The fraction of sp³-hybridized carbons (Fsp3) is 0.286. The molecule has 0 spiro atoms. The number of anilines is 1. The number of hydrogen-bond acceptors (Lipinski definition) is 6. The zero-order valence-electron chi connectivity index (χ0n) is 12.0. The van der Waals surface area contributed by atoms with E-state index in [0.29, 0.717) is 18.8 Å². The lowest BCUT2D eigenvalue weighted by Crippen LogP contribution is -2.30. The standard InChI is InChI=1S/C14H18N4O3/c1-3-18(13-6-10(19)5-4-9(13)2)8-11-7-12(17-21-11)14(20)16-15/h4-7,19H,3,8,15H2,1-2H3,(H,16,20). The van der Waals surface area contributed by atoms with Crippen molar-refractivity contribution < 1.29 is 14.4 Å². The van der Waals surface area contributed by atoms with Crippen molar-refractivity contribution in [2.75, 3.05) is 11.4 Å². The highest BCUT2D eigenvalue weighted by Gasteiger charge is 2.15. The molecule has 2 aromatic rings. The van der Waals surface area contributed by atoms with Gasteiger partial charge in [0.05, 0.1) is 6.54 Å². The summed E-state index contributed by atoms with van der Waals surface area (Å²) in [4.78, 5) is 13.4. The molecule has 0 aliphatic carbocycles. The molecule has 7 nitrogen and oxygen atoms in total. The summed E-state index contributed by atoms with van der Waals surface area (Å²) >= 11 is 0. The smallest absolute Gasteiger partial charge is 0.287 e. The quantitative estimate of drug-likeness (QED) is 0.436. The number of carbonyl (C=O) groups excluding carboxylic acids is 1. The Morgan fingerprint density at radius 3 is 2.90 bits per heavy atom. The van der Waals surface area contributed by atoms with Gasteiger partial charge in [0.15, 0.2) is 11.5 Å². The third-order valence-corrected chi connectivity index (χ3v) is 3.18. The van der Waals surface area contributed by atoms with E-state index in [0.717, 1.165) is 11.3 Å². The molecule has 0 unspecified atom stereocenters. The highest BCUT2D eigenvalue weighted by atomic mass is 16.5. The van der Waals surface area contributed by atoms with E-state index in [1.807, 2.05) is 30.2 Å². The number of aryl methyl sites for hydroxylation is 1. The largest absolute Gasteiger partial charge is 0.508 e. The van der Waals surface area contributed by atoms with Gasteiger partial charge in [0.1, 0.15) is 5.75 Å². The number of nitrogen functional groups attached to an aromatic ring is 1. The maximum Gasteiger partial charge on any atom is 0.287 e. The number of benzene rings is 1. The average Bonchev–Trinajstić information content (AvgIpc) is 2.95. The van der Waals surface area contributed by atoms with E-state index in [9.17, 15) is 9.90 Å². The average molecular weight is 290 g/mol. The molecule has 0 saturated heterocycles. The van der Waals surface area contributed by atoms with Crippen LogP contribution in [0.15, 0.2) is 28.8 Å². The van der Waals surface area contributed by atoms with E-state index in [4.69, 9.17) is 10.4 Å². The van der Waals surface area contributed by atoms with Crippen LogP contribution in [0.4, 0.5) is 5.69 Å². The van der Waals surface area contributed by atoms with Crippen LogP contribution in [0, 0.1) is 6.92 Å². The monoisotopic (exact) mass is 290 g/mol. The summed E-state index contributed by atoms with van der Waals surface area (Å²) in [7, 11) is 0. The Kier molecular flexibility index (Phi) is 4.44. The van der Waals surface area contributed by atoms with Crippen LogP contribution in [0.25, 0.3) is 0 Å². The van der Waals surface area contributed by atoms with E-state index in [-0.39, 0.29) is 11.4 Å². The normalized spacial score (nSPS) is 10.4. The van der Waals surface area contributed by atoms with E-state index in [1.165, 1.54) is 0 Å². The molecule has 1 aromatic carbocycles. The molecule has 0 aliphatic heterocycles. The zero-order chi connectivity index (χ0) is 15.4. The molecular formula is C14H18N4O3. The second-order valence-electron chi connectivity index (χ2n) is 4.64. The summed E-state index contributed by atoms with van der Waals surface area (Å²) in [5, 5.41) is 13.3. The Labute approximate surface area is 122 Å². The molecule has 1 aromatic heterocycles. The lowest BCUT2D eigenvalue weighted by atomic mass is 10.1. The van der Waals surface area contributed by atoms with Crippen LogP contribution in [0.2, 0.25) is 0 Å². The highest BCUT2D eigenvalue weighted by Crippen LogP contribution is 2.26. The maximum absolute atomic E-state index is 11.3. The van der Waals surface area contributed by atoms with Gasteiger partial charge in [-0.05, 0) is 25.5 Å². The Balaban J connectivity index is 2.21. The van der Waals surface area contributed by atoms with Gasteiger partial charge in [0.25, 0.3) is 5.91 Å². The molecule has 21 heavy (non-hydrogen) atoms. The Morgan fingerprint density at radius 2 is 2.24 bits per heavy atom. The summed E-state index contributed by atoms with van der Waals surface area (Å²) in [5.41, 5.74) is 4.08. The number of rotatable bonds is 5. The van der Waals surface area contributed by atoms with Crippen LogP contribution < -0.4 is 16.2 Å². The van der Waals surface area contributed by atoms with Gasteiger partial charge in [-0.2, -0.15) is 0 Å². The van der Waals surface area contributed by atoms with Crippen LogP contribution >= 0.6 is 0 Å². The molecule has 1 amide bonds. The summed E-state index contributed by atoms with van der Waals surface area (Å²) in [6.07, 6.45) is 0. The van der Waals surface area contributed by atoms with Gasteiger partial charge in [-0.15, -0.1) is 0 Å². The lowest BCUT2D eigenvalue weighted by molar-refractivity contribution is 0.0944. The van der Waals surface area contributed by atoms with Crippen molar-refractivity contribution in [3.05, 3.63) is 41.3 Å². The number of aromatic hydroxyl groups is 1. The number of nitrogens with one attached hydrogen (secondary N) is 1. The van der Waals surface area contributed by atoms with E-state index in [2.05, 4.69) is 5.16 Å². The summed E-state index contributed by atoms with van der Waals surface area (Å²) in [6, 6.07) is 6.73. The van der Waals surface area contributed by atoms with Crippen molar-refractivity contribution in [3.8, 4) is 5.75 Å².